The summed E-state index contributed by atoms with van der Waals surface area (Å²) in [6, 6.07) is 12.0. The third kappa shape index (κ3) is 14.9. The summed E-state index contributed by atoms with van der Waals surface area (Å²) in [7, 11) is -1.94. The van der Waals surface area contributed by atoms with Crippen LogP contribution in [0.5, 0.6) is 0 Å². The van der Waals surface area contributed by atoms with Gasteiger partial charge in [-0.15, -0.1) is 12.4 Å². The van der Waals surface area contributed by atoms with E-state index < -0.39 is 7.23 Å². The number of hydrogen-bond donors (Lipinski definition) is 1. The molecule has 0 amide bonds. The van der Waals surface area contributed by atoms with Gasteiger partial charge in [0.25, 0.3) is 0 Å². The van der Waals surface area contributed by atoms with Crippen LogP contribution in [0.25, 0.3) is 0 Å². The van der Waals surface area contributed by atoms with Gasteiger partial charge in [-0.3, -0.25) is 4.57 Å². The largest absolute Gasteiger partial charge is 0.324 e. The summed E-state index contributed by atoms with van der Waals surface area (Å²) in [5, 5.41) is 0. The molecule has 0 radical (unpaired) electrons. The first-order chi connectivity index (χ1) is 5.77. The topological polar surface area (TPSA) is 26.3 Å². The molecule has 0 bridgehead atoms. The van der Waals surface area contributed by atoms with Gasteiger partial charge in [0.1, 0.15) is 0 Å². The molecule has 5 heteroatoms. The summed E-state index contributed by atoms with van der Waals surface area (Å²) in [4.78, 5) is 0. The van der Waals surface area contributed by atoms with Crippen molar-refractivity contribution in [1.82, 2.24) is 0 Å². The SMILES string of the molecule is CCO[PH](=O)S.Cl.c1ccccc1. The first-order valence-electron chi connectivity index (χ1n) is 3.63. The molecule has 0 spiro atoms. The fourth-order valence-corrected chi connectivity index (χ4v) is 1.14. The molecule has 2 nitrogen and oxygen atoms in total. The average molecular weight is 241 g/mol. The van der Waals surface area contributed by atoms with Gasteiger partial charge in [-0.05, 0) is 6.92 Å². The predicted molar refractivity (Wildman–Crippen MR) is 63.3 cm³/mol. The van der Waals surface area contributed by atoms with Gasteiger partial charge in [-0.25, -0.2) is 0 Å². The Hall–Kier alpha value is 0.0500. The molecule has 0 N–H and O–H groups in total. The van der Waals surface area contributed by atoms with Crippen LogP contribution < -0.4 is 0 Å². The third-order valence-corrected chi connectivity index (χ3v) is 1.86. The zero-order valence-corrected chi connectivity index (χ0v) is 10.1. The fourth-order valence-electron chi connectivity index (χ4n) is 0.508. The molecule has 1 aromatic rings. The molecule has 0 saturated carbocycles. The highest BCUT2D eigenvalue weighted by molar-refractivity contribution is 8.39. The maximum atomic E-state index is 9.87. The van der Waals surface area contributed by atoms with Crippen LogP contribution in [-0.2, 0) is 9.09 Å². The number of halogens is 1. The van der Waals surface area contributed by atoms with Crippen molar-refractivity contribution >= 4 is 31.9 Å². The number of rotatable bonds is 2. The fraction of sp³-hybridized carbons (Fsp3) is 0.250. The van der Waals surface area contributed by atoms with Crippen LogP contribution in [0.2, 0.25) is 0 Å². The zero-order valence-electron chi connectivity index (χ0n) is 7.34. The minimum atomic E-state index is -1.94. The van der Waals surface area contributed by atoms with Crippen molar-refractivity contribution in [3.05, 3.63) is 36.4 Å². The maximum Gasteiger partial charge on any atom is 0.243 e. The van der Waals surface area contributed by atoms with E-state index in [9.17, 15) is 4.57 Å². The molecule has 1 unspecified atom stereocenters. The molecule has 0 saturated heterocycles. The molecule has 0 fully saturated rings. The van der Waals surface area contributed by atoms with Crippen molar-refractivity contribution in [3.8, 4) is 0 Å². The lowest BCUT2D eigenvalue weighted by molar-refractivity contribution is 0.362. The minimum Gasteiger partial charge on any atom is -0.324 e. The lowest BCUT2D eigenvalue weighted by Gasteiger charge is -1.87. The van der Waals surface area contributed by atoms with Gasteiger partial charge in [0.05, 0.1) is 6.61 Å². The van der Waals surface area contributed by atoms with Gasteiger partial charge in [-0.1, -0.05) is 48.6 Å². The Morgan fingerprint density at radius 1 is 1.15 bits per heavy atom. The summed E-state index contributed by atoms with van der Waals surface area (Å²) in [6.45, 7) is 2.26. The van der Waals surface area contributed by atoms with Crippen LogP contribution in [0.1, 0.15) is 6.92 Å². The second-order valence-electron chi connectivity index (χ2n) is 1.85. The Balaban J connectivity index is 0. The van der Waals surface area contributed by atoms with E-state index in [0.29, 0.717) is 6.61 Å². The van der Waals surface area contributed by atoms with E-state index in [1.807, 2.05) is 36.4 Å². The normalized spacial score (nSPS) is 10.3. The van der Waals surface area contributed by atoms with E-state index in [-0.39, 0.29) is 12.4 Å². The highest BCUT2D eigenvalue weighted by atomic mass is 35.5. The summed E-state index contributed by atoms with van der Waals surface area (Å²) < 4.78 is 14.3. The summed E-state index contributed by atoms with van der Waals surface area (Å²) >= 11 is 3.50. The molecular formula is C8H14ClO2PS. The van der Waals surface area contributed by atoms with Gasteiger partial charge in [0.2, 0.25) is 7.23 Å². The van der Waals surface area contributed by atoms with Crippen LogP contribution in [0.3, 0.4) is 0 Å². The van der Waals surface area contributed by atoms with Crippen molar-refractivity contribution < 1.29 is 9.09 Å². The molecule has 1 rings (SSSR count). The molecule has 0 heterocycles. The van der Waals surface area contributed by atoms with Crippen LogP contribution in [-0.4, -0.2) is 6.61 Å². The Morgan fingerprint density at radius 2 is 1.46 bits per heavy atom. The van der Waals surface area contributed by atoms with Crippen LogP contribution >= 0.6 is 31.9 Å². The maximum absolute atomic E-state index is 9.87. The molecule has 13 heavy (non-hydrogen) atoms. The van der Waals surface area contributed by atoms with Gasteiger partial charge in [-0.2, -0.15) is 0 Å². The summed E-state index contributed by atoms with van der Waals surface area (Å²) in [5.41, 5.74) is 0. The van der Waals surface area contributed by atoms with E-state index in [1.54, 1.807) is 6.92 Å². The highest BCUT2D eigenvalue weighted by Gasteiger charge is 1.80. The second kappa shape index (κ2) is 12.0. The van der Waals surface area contributed by atoms with E-state index >= 15 is 0 Å². The lowest BCUT2D eigenvalue weighted by atomic mass is 10.4. The molecule has 1 atom stereocenters. The Bertz CT molecular complexity index is 182. The molecule has 0 aliphatic carbocycles. The quantitative estimate of drug-likeness (QED) is 0.633. The van der Waals surface area contributed by atoms with E-state index in [0.717, 1.165) is 0 Å². The molecule has 0 aliphatic rings. The third-order valence-electron chi connectivity index (χ3n) is 0.934. The average Bonchev–Trinajstić information content (AvgIpc) is 2.08. The number of hydrogen-bond acceptors (Lipinski definition) is 2. The molecular weight excluding hydrogens is 227 g/mol. The van der Waals surface area contributed by atoms with Crippen molar-refractivity contribution in [2.45, 2.75) is 6.92 Å². The van der Waals surface area contributed by atoms with Crippen molar-refractivity contribution in [1.29, 1.82) is 0 Å². The summed E-state index contributed by atoms with van der Waals surface area (Å²) in [5.74, 6) is 0. The van der Waals surface area contributed by atoms with E-state index in [2.05, 4.69) is 16.8 Å². The van der Waals surface area contributed by atoms with E-state index in [4.69, 9.17) is 0 Å². The van der Waals surface area contributed by atoms with Gasteiger partial charge in [0, 0.05) is 0 Å². The lowest BCUT2D eigenvalue weighted by Crippen LogP contribution is -1.69. The Morgan fingerprint density at radius 3 is 1.54 bits per heavy atom. The monoisotopic (exact) mass is 240 g/mol. The second-order valence-corrected chi connectivity index (χ2v) is 3.77. The van der Waals surface area contributed by atoms with Crippen molar-refractivity contribution in [3.63, 3.8) is 0 Å². The zero-order chi connectivity index (χ0) is 9.23. The van der Waals surface area contributed by atoms with Crippen LogP contribution in [0, 0.1) is 0 Å². The van der Waals surface area contributed by atoms with Gasteiger partial charge >= 0.3 is 0 Å². The predicted octanol–water partition coefficient (Wildman–Crippen LogP) is 3.45. The van der Waals surface area contributed by atoms with Crippen LogP contribution in [0.4, 0.5) is 0 Å². The molecule has 0 aliphatic heterocycles. The van der Waals surface area contributed by atoms with Crippen LogP contribution in [0.15, 0.2) is 36.4 Å². The smallest absolute Gasteiger partial charge is 0.243 e. The first kappa shape index (κ1) is 15.5. The van der Waals surface area contributed by atoms with Gasteiger partial charge in [0.15, 0.2) is 0 Å². The Kier molecular flexibility index (Phi) is 14.4. The highest BCUT2D eigenvalue weighted by Crippen LogP contribution is 2.25. The number of benzene rings is 1. The number of thiol groups is 1. The molecule has 0 aromatic heterocycles. The van der Waals surface area contributed by atoms with E-state index in [1.165, 1.54) is 0 Å². The van der Waals surface area contributed by atoms with Gasteiger partial charge < -0.3 is 4.52 Å². The van der Waals surface area contributed by atoms with Crippen molar-refractivity contribution in [2.75, 3.05) is 6.61 Å². The first-order valence-corrected chi connectivity index (χ1v) is 6.23. The molecule has 76 valence electrons. The molecule has 1 aromatic carbocycles. The Labute approximate surface area is 91.1 Å². The minimum absolute atomic E-state index is 0. The van der Waals surface area contributed by atoms with Crippen molar-refractivity contribution in [2.24, 2.45) is 0 Å². The standard InChI is InChI=1S/C6H6.C2H7O2PS.ClH/c1-2-4-6-5-3-1;1-2-4-5(3)6;/h1-6H;5H,2H2,1H3,(H,3,6);1H. The summed E-state index contributed by atoms with van der Waals surface area (Å²) in [6.07, 6.45) is 0.